The molecule has 1 saturated heterocycles. The van der Waals surface area contributed by atoms with Gasteiger partial charge in [-0.2, -0.15) is 0 Å². The van der Waals surface area contributed by atoms with Crippen molar-refractivity contribution in [3.63, 3.8) is 0 Å². The van der Waals surface area contributed by atoms with E-state index in [1.807, 2.05) is 6.08 Å². The van der Waals surface area contributed by atoms with Crippen LogP contribution in [-0.4, -0.2) is 87.5 Å². The standard InChI is InChI=1S/C67H127NO8/c1-3-5-7-9-11-13-15-17-19-21-23-25-27-29-30-31-32-33-35-37-39-41-43-45-47-49-51-53-55-57-63(71)68-60(59-75-67-66(74)65(73)64(72)62(58-69)76-67)61(70)56-54-52-50-48-46-44-42-40-38-36-34-28-26-24-22-20-18-16-14-12-10-8-6-4-2/h23,25,29-30,54,56,60-62,64-67,69-70,72-74H,3-22,24,26-28,31-53,55,57-59H2,1-2H3,(H,68,71)/b25-23-,30-29-,56-54+. The molecule has 0 aromatic carbocycles. The largest absolute Gasteiger partial charge is 0.394 e. The van der Waals surface area contributed by atoms with E-state index in [1.54, 1.807) is 6.08 Å². The highest BCUT2D eigenvalue weighted by molar-refractivity contribution is 5.76. The Kier molecular flexibility index (Phi) is 54.0. The van der Waals surface area contributed by atoms with E-state index in [1.165, 1.54) is 263 Å². The molecule has 0 aromatic rings. The number of aliphatic hydroxyl groups excluding tert-OH is 5. The Morgan fingerprint density at radius 1 is 0.447 bits per heavy atom. The summed E-state index contributed by atoms with van der Waals surface area (Å²) in [7, 11) is 0. The highest BCUT2D eigenvalue weighted by Gasteiger charge is 2.44. The molecule has 1 rings (SSSR count). The van der Waals surface area contributed by atoms with Gasteiger partial charge in [0.25, 0.3) is 0 Å². The molecule has 0 bridgehead atoms. The Bertz CT molecular complexity index is 1290. The van der Waals surface area contributed by atoms with Crippen molar-refractivity contribution in [3.8, 4) is 0 Å². The van der Waals surface area contributed by atoms with Gasteiger partial charge >= 0.3 is 0 Å². The molecule has 7 atom stereocenters. The van der Waals surface area contributed by atoms with Crippen molar-refractivity contribution in [3.05, 3.63) is 36.5 Å². The van der Waals surface area contributed by atoms with Gasteiger partial charge in [-0.05, 0) is 51.4 Å². The molecule has 1 amide bonds. The lowest BCUT2D eigenvalue weighted by Crippen LogP contribution is -2.60. The van der Waals surface area contributed by atoms with Crippen LogP contribution in [0.1, 0.15) is 328 Å². The highest BCUT2D eigenvalue weighted by atomic mass is 16.7. The van der Waals surface area contributed by atoms with E-state index in [0.717, 1.165) is 44.9 Å². The monoisotopic (exact) mass is 1070 g/mol. The van der Waals surface area contributed by atoms with Crippen molar-refractivity contribution in [1.29, 1.82) is 0 Å². The van der Waals surface area contributed by atoms with Crippen LogP contribution in [0.5, 0.6) is 0 Å². The van der Waals surface area contributed by atoms with E-state index in [-0.39, 0.29) is 12.5 Å². The number of carbonyl (C=O) groups excluding carboxylic acids is 1. The maximum Gasteiger partial charge on any atom is 0.220 e. The van der Waals surface area contributed by atoms with Crippen LogP contribution in [0.15, 0.2) is 36.5 Å². The second-order valence-corrected chi connectivity index (χ2v) is 23.3. The highest BCUT2D eigenvalue weighted by Crippen LogP contribution is 2.23. The minimum atomic E-state index is -1.57. The molecule has 0 saturated carbocycles. The van der Waals surface area contributed by atoms with Crippen molar-refractivity contribution in [2.45, 2.75) is 371 Å². The lowest BCUT2D eigenvalue weighted by molar-refractivity contribution is -0.302. The summed E-state index contributed by atoms with van der Waals surface area (Å²) in [4.78, 5) is 13.1. The Hall–Kier alpha value is -1.59. The zero-order valence-corrected chi connectivity index (χ0v) is 50.0. The zero-order chi connectivity index (χ0) is 55.0. The number of nitrogens with one attached hydrogen (secondary N) is 1. The van der Waals surface area contributed by atoms with E-state index in [2.05, 4.69) is 43.5 Å². The van der Waals surface area contributed by atoms with Gasteiger partial charge < -0.3 is 40.3 Å². The summed E-state index contributed by atoms with van der Waals surface area (Å²) in [5.74, 6) is -0.173. The lowest BCUT2D eigenvalue weighted by atomic mass is 9.99. The number of allylic oxidation sites excluding steroid dienone is 5. The number of rotatable bonds is 58. The first-order valence-corrected chi connectivity index (χ1v) is 33.2. The molecule has 448 valence electrons. The molecule has 0 spiro atoms. The predicted molar refractivity (Wildman–Crippen MR) is 323 cm³/mol. The van der Waals surface area contributed by atoms with Gasteiger partial charge in [0.05, 0.1) is 25.4 Å². The molecule has 1 fully saturated rings. The van der Waals surface area contributed by atoms with Crippen molar-refractivity contribution in [2.75, 3.05) is 13.2 Å². The summed E-state index contributed by atoms with van der Waals surface area (Å²) in [6.45, 7) is 3.82. The molecule has 0 aromatic heterocycles. The maximum atomic E-state index is 13.1. The third kappa shape index (κ3) is 45.2. The summed E-state index contributed by atoms with van der Waals surface area (Å²) in [5, 5.41) is 54.7. The van der Waals surface area contributed by atoms with E-state index < -0.39 is 49.5 Å². The molecule has 1 aliphatic rings. The number of aliphatic hydroxyl groups is 5. The van der Waals surface area contributed by atoms with E-state index in [0.29, 0.717) is 6.42 Å². The molecule has 6 N–H and O–H groups in total. The lowest BCUT2D eigenvalue weighted by Gasteiger charge is -2.40. The average molecular weight is 1070 g/mol. The van der Waals surface area contributed by atoms with Gasteiger partial charge in [0.2, 0.25) is 5.91 Å². The van der Waals surface area contributed by atoms with Gasteiger partial charge in [-0.3, -0.25) is 4.79 Å². The third-order valence-electron chi connectivity index (χ3n) is 16.0. The van der Waals surface area contributed by atoms with Gasteiger partial charge in [-0.1, -0.05) is 307 Å². The summed E-state index contributed by atoms with van der Waals surface area (Å²) in [5.41, 5.74) is 0. The molecule has 0 radical (unpaired) electrons. The second kappa shape index (κ2) is 56.7. The first-order chi connectivity index (χ1) is 37.3. The summed E-state index contributed by atoms with van der Waals surface area (Å²) < 4.78 is 11.3. The molecule has 7 unspecified atom stereocenters. The van der Waals surface area contributed by atoms with Crippen LogP contribution < -0.4 is 5.32 Å². The summed E-state index contributed by atoms with van der Waals surface area (Å²) in [6, 6.07) is -0.806. The molecule has 9 nitrogen and oxygen atoms in total. The van der Waals surface area contributed by atoms with Crippen LogP contribution in [0, 0.1) is 0 Å². The number of ether oxygens (including phenoxy) is 2. The van der Waals surface area contributed by atoms with E-state index in [4.69, 9.17) is 9.47 Å². The average Bonchev–Trinajstić information content (AvgIpc) is 3.42. The molecular formula is C67H127NO8. The fourth-order valence-electron chi connectivity index (χ4n) is 10.7. The second-order valence-electron chi connectivity index (χ2n) is 23.3. The predicted octanol–water partition coefficient (Wildman–Crippen LogP) is 17.5. The third-order valence-corrected chi connectivity index (χ3v) is 16.0. The number of carbonyl (C=O) groups is 1. The van der Waals surface area contributed by atoms with Crippen molar-refractivity contribution >= 4 is 5.91 Å². The van der Waals surface area contributed by atoms with E-state index >= 15 is 0 Å². The summed E-state index contributed by atoms with van der Waals surface area (Å²) >= 11 is 0. The molecule has 0 aliphatic carbocycles. The van der Waals surface area contributed by atoms with Crippen molar-refractivity contribution in [2.24, 2.45) is 0 Å². The zero-order valence-electron chi connectivity index (χ0n) is 50.0. The Labute approximate surface area is 470 Å². The quantitative estimate of drug-likeness (QED) is 0.0261. The SMILES string of the molecule is CCCCCCCCCCC/C=C\C/C=C\CCCCCCCCCCCCCCCC(=O)NC(COC1OC(CO)C(O)C(O)C1O)C(O)/C=C/CCCCCCCCCCCCCCCCCCCCCCCC. The molecule has 76 heavy (non-hydrogen) atoms. The van der Waals surface area contributed by atoms with Crippen LogP contribution >= 0.6 is 0 Å². The number of unbranched alkanes of at least 4 members (excludes halogenated alkanes) is 44. The van der Waals surface area contributed by atoms with Gasteiger partial charge in [0.1, 0.15) is 24.4 Å². The number of amides is 1. The minimum Gasteiger partial charge on any atom is -0.394 e. The Morgan fingerprint density at radius 3 is 1.13 bits per heavy atom. The van der Waals surface area contributed by atoms with Gasteiger partial charge in [-0.15, -0.1) is 0 Å². The number of hydrogen-bond donors (Lipinski definition) is 6. The first kappa shape index (κ1) is 72.4. The van der Waals surface area contributed by atoms with Gasteiger partial charge in [0.15, 0.2) is 6.29 Å². The fourth-order valence-corrected chi connectivity index (χ4v) is 10.7. The van der Waals surface area contributed by atoms with Crippen LogP contribution in [0.2, 0.25) is 0 Å². The van der Waals surface area contributed by atoms with Crippen molar-refractivity contribution in [1.82, 2.24) is 5.32 Å². The van der Waals surface area contributed by atoms with Gasteiger partial charge in [-0.25, -0.2) is 0 Å². The van der Waals surface area contributed by atoms with Crippen LogP contribution in [0.25, 0.3) is 0 Å². The Balaban J connectivity index is 2.16. The molecule has 1 heterocycles. The van der Waals surface area contributed by atoms with Gasteiger partial charge in [0, 0.05) is 6.42 Å². The minimum absolute atomic E-state index is 0.173. The van der Waals surface area contributed by atoms with Crippen molar-refractivity contribution < 1.29 is 39.8 Å². The molecular weight excluding hydrogens is 947 g/mol. The maximum absolute atomic E-state index is 13.1. The Morgan fingerprint density at radius 2 is 0.776 bits per heavy atom. The smallest absolute Gasteiger partial charge is 0.220 e. The first-order valence-electron chi connectivity index (χ1n) is 33.2. The summed E-state index contributed by atoms with van der Waals surface area (Å²) in [6.07, 6.45) is 68.0. The number of hydrogen-bond acceptors (Lipinski definition) is 8. The van der Waals surface area contributed by atoms with E-state index in [9.17, 15) is 30.3 Å². The fraction of sp³-hybridized carbons (Fsp3) is 0.896. The van der Waals surface area contributed by atoms with Crippen LogP contribution in [0.3, 0.4) is 0 Å². The normalized spacial score (nSPS) is 19.0. The van der Waals surface area contributed by atoms with Crippen LogP contribution in [-0.2, 0) is 14.3 Å². The topological polar surface area (TPSA) is 149 Å². The van der Waals surface area contributed by atoms with Crippen LogP contribution in [0.4, 0.5) is 0 Å². The molecule has 1 aliphatic heterocycles. The molecule has 9 heteroatoms.